The summed E-state index contributed by atoms with van der Waals surface area (Å²) >= 11 is 0. The molecular weight excluding hydrogens is 544 g/mol. The van der Waals surface area contributed by atoms with Gasteiger partial charge >= 0.3 is 0 Å². The van der Waals surface area contributed by atoms with Gasteiger partial charge in [0.15, 0.2) is 0 Å². The van der Waals surface area contributed by atoms with E-state index >= 15 is 0 Å². The molecular formula is C29H48N6O7. The molecule has 1 saturated carbocycles. The molecule has 1 aliphatic carbocycles. The van der Waals surface area contributed by atoms with Crippen LogP contribution in [0.4, 0.5) is 0 Å². The zero-order valence-corrected chi connectivity index (χ0v) is 25.6. The van der Waals surface area contributed by atoms with Gasteiger partial charge in [0.25, 0.3) is 0 Å². The number of fused-ring (bicyclic) bond motifs is 2. The van der Waals surface area contributed by atoms with Crippen LogP contribution in [0.3, 0.4) is 0 Å². The first-order valence-electron chi connectivity index (χ1n) is 15.2. The molecule has 3 rings (SSSR count). The molecule has 2 saturated heterocycles. The van der Waals surface area contributed by atoms with Crippen molar-refractivity contribution in [1.82, 2.24) is 31.5 Å². The van der Waals surface area contributed by atoms with Crippen LogP contribution in [0.15, 0.2) is 0 Å². The molecule has 13 nitrogen and oxygen atoms in total. The number of aliphatic hydroxyl groups is 1. The fraction of sp³-hybridized carbons (Fsp3) is 0.793. The van der Waals surface area contributed by atoms with Gasteiger partial charge in [-0.05, 0) is 51.4 Å². The Balaban J connectivity index is 1.94. The highest BCUT2D eigenvalue weighted by atomic mass is 16.3. The van der Waals surface area contributed by atoms with E-state index in [-0.39, 0.29) is 30.7 Å². The number of nitrogens with zero attached hydrogens (tertiary/aromatic N) is 1. The molecule has 0 radical (unpaired) electrons. The molecule has 2 heterocycles. The van der Waals surface area contributed by atoms with E-state index in [9.17, 15) is 33.9 Å². The fourth-order valence-corrected chi connectivity index (χ4v) is 5.89. The van der Waals surface area contributed by atoms with E-state index in [1.165, 1.54) is 18.7 Å². The summed E-state index contributed by atoms with van der Waals surface area (Å²) in [7, 11) is 0. The second-order valence-corrected chi connectivity index (χ2v) is 12.8. The lowest BCUT2D eigenvalue weighted by atomic mass is 9.98. The molecule has 3 fully saturated rings. The molecule has 42 heavy (non-hydrogen) atoms. The first-order valence-corrected chi connectivity index (χ1v) is 15.2. The van der Waals surface area contributed by atoms with Crippen LogP contribution in [0.1, 0.15) is 80.1 Å². The van der Waals surface area contributed by atoms with E-state index < -0.39 is 71.9 Å². The second kappa shape index (κ2) is 14.3. The Morgan fingerprint density at radius 2 is 1.57 bits per heavy atom. The first kappa shape index (κ1) is 33.3. The van der Waals surface area contributed by atoms with Gasteiger partial charge in [-0.1, -0.05) is 34.1 Å². The lowest BCUT2D eigenvalue weighted by Crippen LogP contribution is -2.62. The maximum atomic E-state index is 13.8. The molecule has 0 spiro atoms. The largest absolute Gasteiger partial charge is 0.391 e. The van der Waals surface area contributed by atoms with Crippen LogP contribution in [0, 0.1) is 17.8 Å². The van der Waals surface area contributed by atoms with Gasteiger partial charge in [-0.3, -0.25) is 28.8 Å². The third kappa shape index (κ3) is 8.20. The van der Waals surface area contributed by atoms with Gasteiger partial charge in [0.2, 0.25) is 35.4 Å². The molecule has 0 aromatic heterocycles. The van der Waals surface area contributed by atoms with Gasteiger partial charge < -0.3 is 36.6 Å². The lowest BCUT2D eigenvalue weighted by Gasteiger charge is -2.33. The number of carbonyl (C=O) groups excluding carboxylic acids is 6. The van der Waals surface area contributed by atoms with Crippen LogP contribution in [0.25, 0.3) is 0 Å². The maximum Gasteiger partial charge on any atom is 0.248 e. The van der Waals surface area contributed by atoms with Gasteiger partial charge in [-0.15, -0.1) is 0 Å². The van der Waals surface area contributed by atoms with E-state index in [4.69, 9.17) is 0 Å². The summed E-state index contributed by atoms with van der Waals surface area (Å²) in [6.45, 7) is 10.4. The van der Waals surface area contributed by atoms with Crippen molar-refractivity contribution in [2.75, 3.05) is 6.54 Å². The van der Waals surface area contributed by atoms with Gasteiger partial charge in [0, 0.05) is 25.0 Å². The van der Waals surface area contributed by atoms with E-state index in [0.717, 1.165) is 0 Å². The van der Waals surface area contributed by atoms with Crippen LogP contribution in [0.5, 0.6) is 0 Å². The molecule has 0 aromatic carbocycles. The fourth-order valence-electron chi connectivity index (χ4n) is 5.89. The molecule has 236 valence electrons. The lowest BCUT2D eigenvalue weighted by molar-refractivity contribution is -0.145. The van der Waals surface area contributed by atoms with Crippen molar-refractivity contribution in [2.24, 2.45) is 17.8 Å². The Kier molecular flexibility index (Phi) is 11.3. The molecule has 3 aliphatic rings. The normalized spacial score (nSPS) is 32.1. The zero-order chi connectivity index (χ0) is 31.3. The minimum atomic E-state index is -1.41. The van der Waals surface area contributed by atoms with Crippen molar-refractivity contribution in [1.29, 1.82) is 0 Å². The van der Waals surface area contributed by atoms with Gasteiger partial charge in [0.05, 0.1) is 12.0 Å². The third-order valence-electron chi connectivity index (χ3n) is 8.43. The molecule has 13 heteroatoms. The van der Waals surface area contributed by atoms with Crippen LogP contribution in [0.2, 0.25) is 0 Å². The van der Waals surface area contributed by atoms with Crippen LogP contribution in [-0.4, -0.2) is 94.3 Å². The smallest absolute Gasteiger partial charge is 0.248 e. The summed E-state index contributed by atoms with van der Waals surface area (Å²) in [6.07, 6.45) is 1.58. The SMILES string of the molecule is CC(C)CCC(=O)N[C@H]1C[C@H]2C(=O)N[C@@H](C)C(=O)N[C@H]3CCC[C@@H]3C(=O)N[C@H](C(C)C)C(=O)N[C@@H]([C@@H](C)O)C(=O)N2C1. The topological polar surface area (TPSA) is 186 Å². The monoisotopic (exact) mass is 592 g/mol. The van der Waals surface area contributed by atoms with Crippen molar-refractivity contribution in [3.05, 3.63) is 0 Å². The highest BCUT2D eigenvalue weighted by Crippen LogP contribution is 2.27. The average molecular weight is 593 g/mol. The maximum absolute atomic E-state index is 13.8. The summed E-state index contributed by atoms with van der Waals surface area (Å²) in [5.74, 6) is -3.55. The Morgan fingerprint density at radius 1 is 0.905 bits per heavy atom. The molecule has 0 aromatic rings. The Bertz CT molecular complexity index is 1050. The highest BCUT2D eigenvalue weighted by molar-refractivity contribution is 5.97. The molecule has 6 N–H and O–H groups in total. The second-order valence-electron chi connectivity index (χ2n) is 12.8. The minimum absolute atomic E-state index is 0.0158. The van der Waals surface area contributed by atoms with Crippen LogP contribution < -0.4 is 26.6 Å². The Morgan fingerprint density at radius 3 is 2.19 bits per heavy atom. The first-order chi connectivity index (χ1) is 19.7. The molecule has 2 aliphatic heterocycles. The Hall–Kier alpha value is -3.22. The van der Waals surface area contributed by atoms with Crippen LogP contribution >= 0.6 is 0 Å². The van der Waals surface area contributed by atoms with E-state index in [1.54, 1.807) is 13.8 Å². The third-order valence-corrected chi connectivity index (χ3v) is 8.43. The van der Waals surface area contributed by atoms with Crippen molar-refractivity contribution < 1.29 is 33.9 Å². The van der Waals surface area contributed by atoms with Crippen molar-refractivity contribution in [3.8, 4) is 0 Å². The number of rotatable bonds is 6. The summed E-state index contributed by atoms with van der Waals surface area (Å²) in [6, 6.07) is -5.41. The summed E-state index contributed by atoms with van der Waals surface area (Å²) in [4.78, 5) is 80.9. The van der Waals surface area contributed by atoms with Gasteiger partial charge in [-0.2, -0.15) is 0 Å². The minimum Gasteiger partial charge on any atom is -0.391 e. The average Bonchev–Trinajstić information content (AvgIpc) is 3.54. The van der Waals surface area contributed by atoms with E-state index in [0.29, 0.717) is 38.0 Å². The quantitative estimate of drug-likeness (QED) is 0.236. The standard InChI is InChI=1S/C29H48N6O7/c1-14(2)10-11-22(37)31-18-12-21-27(40)30-16(5)25(38)32-20-9-7-8-19(20)26(39)33-23(15(3)4)28(41)34-24(17(6)36)29(42)35(21)13-18/h14-21,23-24,36H,7-13H2,1-6H3,(H,30,40)(H,31,37)(H,32,38)(H,33,39)(H,34,41)/t16-,17+,18-,19-,20-,21-,23+,24-/m0/s1. The summed E-state index contributed by atoms with van der Waals surface area (Å²) < 4.78 is 0. The molecule has 0 unspecified atom stereocenters. The van der Waals surface area contributed by atoms with Crippen LogP contribution in [-0.2, 0) is 28.8 Å². The molecule has 0 bridgehead atoms. The predicted molar refractivity (Wildman–Crippen MR) is 153 cm³/mol. The number of hydrogen-bond donors (Lipinski definition) is 6. The summed E-state index contributed by atoms with van der Waals surface area (Å²) in [5, 5.41) is 24.4. The Labute approximate surface area is 247 Å². The molecule has 8 atom stereocenters. The predicted octanol–water partition coefficient (Wildman–Crippen LogP) is -0.682. The van der Waals surface area contributed by atoms with Gasteiger partial charge in [0.1, 0.15) is 24.2 Å². The number of amides is 6. The number of hydrogen-bond acceptors (Lipinski definition) is 7. The van der Waals surface area contributed by atoms with Gasteiger partial charge in [-0.25, -0.2) is 0 Å². The number of nitrogens with one attached hydrogen (secondary N) is 5. The van der Waals surface area contributed by atoms with E-state index in [1.807, 2.05) is 13.8 Å². The van der Waals surface area contributed by atoms with Crippen molar-refractivity contribution >= 4 is 35.4 Å². The van der Waals surface area contributed by atoms with Crippen molar-refractivity contribution in [3.63, 3.8) is 0 Å². The summed E-state index contributed by atoms with van der Waals surface area (Å²) in [5.41, 5.74) is 0. The zero-order valence-electron chi connectivity index (χ0n) is 25.6. The molecule has 6 amide bonds. The number of carbonyl (C=O) groups is 6. The van der Waals surface area contributed by atoms with Crippen molar-refractivity contribution in [2.45, 2.75) is 122 Å². The van der Waals surface area contributed by atoms with E-state index in [2.05, 4.69) is 26.6 Å². The number of aliphatic hydroxyl groups excluding tert-OH is 1. The highest BCUT2D eigenvalue weighted by Gasteiger charge is 2.45.